The van der Waals surface area contributed by atoms with Crippen LogP contribution in [0.25, 0.3) is 0 Å². The summed E-state index contributed by atoms with van der Waals surface area (Å²) in [5, 5.41) is 12.6. The highest BCUT2D eigenvalue weighted by atomic mass is 19.1. The lowest BCUT2D eigenvalue weighted by molar-refractivity contribution is -0.126. The van der Waals surface area contributed by atoms with Crippen LogP contribution >= 0.6 is 0 Å². The maximum absolute atomic E-state index is 13.8. The summed E-state index contributed by atoms with van der Waals surface area (Å²) in [5.41, 5.74) is -0.615. The molecule has 2 unspecified atom stereocenters. The predicted molar refractivity (Wildman–Crippen MR) is 77.9 cm³/mol. The van der Waals surface area contributed by atoms with Gasteiger partial charge >= 0.3 is 0 Å². The molecule has 0 saturated carbocycles. The molecule has 3 nitrogen and oxygen atoms in total. The van der Waals surface area contributed by atoms with Crippen molar-refractivity contribution in [3.8, 4) is 0 Å². The number of carbonyl (C=O) groups excluding carboxylic acids is 1. The zero-order chi connectivity index (χ0) is 15.3. The number of halogens is 1. The zero-order valence-corrected chi connectivity index (χ0v) is 12.6. The molecule has 2 atom stereocenters. The number of rotatable bonds is 6. The van der Waals surface area contributed by atoms with E-state index in [1.807, 2.05) is 13.8 Å². The summed E-state index contributed by atoms with van der Waals surface area (Å²) >= 11 is 0. The number of nitrogens with one attached hydrogen (secondary N) is 1. The summed E-state index contributed by atoms with van der Waals surface area (Å²) in [6.07, 6.45) is 0.258. The van der Waals surface area contributed by atoms with Gasteiger partial charge in [0, 0.05) is 12.1 Å². The molecule has 1 aromatic carbocycles. The van der Waals surface area contributed by atoms with Crippen LogP contribution in [0.5, 0.6) is 0 Å². The Labute approximate surface area is 120 Å². The maximum Gasteiger partial charge on any atom is 0.230 e. The van der Waals surface area contributed by atoms with Gasteiger partial charge in [0.2, 0.25) is 5.91 Å². The Hall–Kier alpha value is -1.42. The van der Waals surface area contributed by atoms with Crippen molar-refractivity contribution in [3.05, 3.63) is 35.6 Å². The van der Waals surface area contributed by atoms with Gasteiger partial charge in [-0.3, -0.25) is 4.79 Å². The quantitative estimate of drug-likeness (QED) is 0.842. The molecule has 0 spiro atoms. The van der Waals surface area contributed by atoms with E-state index in [2.05, 4.69) is 5.32 Å². The average Bonchev–Trinajstić information content (AvgIpc) is 2.43. The first kappa shape index (κ1) is 16.6. The van der Waals surface area contributed by atoms with Crippen LogP contribution in [0.4, 0.5) is 4.39 Å². The Morgan fingerprint density at radius 1 is 1.40 bits per heavy atom. The molecule has 0 aromatic heterocycles. The highest BCUT2D eigenvalue weighted by molar-refractivity contribution is 5.87. The first-order valence-corrected chi connectivity index (χ1v) is 7.02. The van der Waals surface area contributed by atoms with Crippen LogP contribution in [0.3, 0.4) is 0 Å². The van der Waals surface area contributed by atoms with Crippen LogP contribution < -0.4 is 5.32 Å². The van der Waals surface area contributed by atoms with Gasteiger partial charge in [-0.1, -0.05) is 38.5 Å². The summed E-state index contributed by atoms with van der Waals surface area (Å²) in [5.74, 6) is -0.563. The molecule has 112 valence electrons. The second kappa shape index (κ2) is 6.84. The van der Waals surface area contributed by atoms with Crippen molar-refractivity contribution >= 4 is 5.91 Å². The third kappa shape index (κ3) is 3.79. The molecule has 4 heteroatoms. The smallest absolute Gasteiger partial charge is 0.230 e. The van der Waals surface area contributed by atoms with E-state index in [1.54, 1.807) is 32.0 Å². The molecule has 0 heterocycles. The average molecular weight is 281 g/mol. The molecule has 0 fully saturated rings. The second-order valence-corrected chi connectivity index (χ2v) is 5.77. The fraction of sp³-hybridized carbons (Fsp3) is 0.562. The molecule has 0 saturated heterocycles. The maximum atomic E-state index is 13.8. The van der Waals surface area contributed by atoms with Gasteiger partial charge in [-0.25, -0.2) is 4.39 Å². The Morgan fingerprint density at radius 3 is 2.55 bits per heavy atom. The lowest BCUT2D eigenvalue weighted by Crippen LogP contribution is -2.44. The third-order valence-corrected chi connectivity index (χ3v) is 3.89. The van der Waals surface area contributed by atoms with Crippen molar-refractivity contribution in [2.24, 2.45) is 5.92 Å². The largest absolute Gasteiger partial charge is 0.391 e. The molecular weight excluding hydrogens is 257 g/mol. The Balaban J connectivity index is 2.74. The molecule has 0 aliphatic rings. The van der Waals surface area contributed by atoms with E-state index in [-0.39, 0.29) is 18.4 Å². The van der Waals surface area contributed by atoms with Gasteiger partial charge in [0.15, 0.2) is 0 Å². The third-order valence-electron chi connectivity index (χ3n) is 3.89. The van der Waals surface area contributed by atoms with Gasteiger partial charge in [0.25, 0.3) is 0 Å². The van der Waals surface area contributed by atoms with Crippen molar-refractivity contribution in [3.63, 3.8) is 0 Å². The van der Waals surface area contributed by atoms with Crippen molar-refractivity contribution in [1.29, 1.82) is 0 Å². The van der Waals surface area contributed by atoms with E-state index >= 15 is 0 Å². The van der Waals surface area contributed by atoms with E-state index in [4.69, 9.17) is 0 Å². The van der Waals surface area contributed by atoms with Crippen molar-refractivity contribution in [2.45, 2.75) is 45.6 Å². The van der Waals surface area contributed by atoms with Crippen LogP contribution in [0.2, 0.25) is 0 Å². The number of carbonyl (C=O) groups is 1. The lowest BCUT2D eigenvalue weighted by atomic mass is 9.83. The minimum absolute atomic E-state index is 0.117. The summed E-state index contributed by atoms with van der Waals surface area (Å²) in [6, 6.07) is 6.26. The topological polar surface area (TPSA) is 49.3 Å². The summed E-state index contributed by atoms with van der Waals surface area (Å²) in [7, 11) is 0. The van der Waals surface area contributed by atoms with E-state index in [0.29, 0.717) is 5.56 Å². The SMILES string of the molecule is CCC(C)C(O)CNC(=O)C(C)(C)c1ccccc1F. The minimum Gasteiger partial charge on any atom is -0.391 e. The second-order valence-electron chi connectivity index (χ2n) is 5.77. The molecule has 2 N–H and O–H groups in total. The van der Waals surface area contributed by atoms with Gasteiger partial charge in [0.1, 0.15) is 5.82 Å². The van der Waals surface area contributed by atoms with Gasteiger partial charge in [-0.05, 0) is 25.8 Å². The van der Waals surface area contributed by atoms with E-state index in [1.165, 1.54) is 6.07 Å². The van der Waals surface area contributed by atoms with E-state index in [0.717, 1.165) is 6.42 Å². The minimum atomic E-state index is -0.972. The summed E-state index contributed by atoms with van der Waals surface area (Å²) in [6.45, 7) is 7.45. The highest BCUT2D eigenvalue weighted by Gasteiger charge is 2.32. The Morgan fingerprint density at radius 2 is 2.00 bits per heavy atom. The van der Waals surface area contributed by atoms with Gasteiger partial charge in [0.05, 0.1) is 11.5 Å². The summed E-state index contributed by atoms with van der Waals surface area (Å²) in [4.78, 5) is 12.2. The standard InChI is InChI=1S/C16H24FNO2/c1-5-11(2)14(19)10-18-15(20)16(3,4)12-8-6-7-9-13(12)17/h6-9,11,14,19H,5,10H2,1-4H3,(H,18,20). The lowest BCUT2D eigenvalue weighted by Gasteiger charge is -2.26. The van der Waals surface area contributed by atoms with Gasteiger partial charge in [-0.15, -0.1) is 0 Å². The fourth-order valence-corrected chi connectivity index (χ4v) is 1.98. The molecule has 1 aromatic rings. The zero-order valence-electron chi connectivity index (χ0n) is 12.6. The Bertz CT molecular complexity index is 460. The van der Waals surface area contributed by atoms with E-state index < -0.39 is 17.3 Å². The molecule has 20 heavy (non-hydrogen) atoms. The number of hydrogen-bond acceptors (Lipinski definition) is 2. The molecule has 0 radical (unpaired) electrons. The van der Waals surface area contributed by atoms with Crippen molar-refractivity contribution < 1.29 is 14.3 Å². The molecular formula is C16H24FNO2. The highest BCUT2D eigenvalue weighted by Crippen LogP contribution is 2.25. The molecule has 1 rings (SSSR count). The van der Waals surface area contributed by atoms with Crippen LogP contribution in [0.1, 0.15) is 39.7 Å². The number of amides is 1. The van der Waals surface area contributed by atoms with Crippen LogP contribution in [-0.4, -0.2) is 23.7 Å². The van der Waals surface area contributed by atoms with Gasteiger partial charge < -0.3 is 10.4 Å². The predicted octanol–water partition coefficient (Wildman–Crippen LogP) is 2.63. The first-order valence-electron chi connectivity index (χ1n) is 7.02. The number of hydrogen-bond donors (Lipinski definition) is 2. The van der Waals surface area contributed by atoms with Crippen molar-refractivity contribution in [1.82, 2.24) is 5.32 Å². The van der Waals surface area contributed by atoms with Crippen molar-refractivity contribution in [2.75, 3.05) is 6.54 Å². The molecule has 0 aliphatic carbocycles. The first-order chi connectivity index (χ1) is 9.30. The summed E-state index contributed by atoms with van der Waals surface area (Å²) < 4.78 is 13.8. The molecule has 0 aliphatic heterocycles. The normalized spacial score (nSPS) is 14.7. The van der Waals surface area contributed by atoms with Crippen LogP contribution in [0.15, 0.2) is 24.3 Å². The number of aliphatic hydroxyl groups is 1. The van der Waals surface area contributed by atoms with Gasteiger partial charge in [-0.2, -0.15) is 0 Å². The Kier molecular flexibility index (Phi) is 5.69. The van der Waals surface area contributed by atoms with Crippen LogP contribution in [-0.2, 0) is 10.2 Å². The van der Waals surface area contributed by atoms with E-state index in [9.17, 15) is 14.3 Å². The molecule has 0 bridgehead atoms. The monoisotopic (exact) mass is 281 g/mol. The fourth-order valence-electron chi connectivity index (χ4n) is 1.98. The number of benzene rings is 1. The van der Waals surface area contributed by atoms with Crippen LogP contribution in [0, 0.1) is 11.7 Å². The number of aliphatic hydroxyl groups excluding tert-OH is 1. The molecule has 1 amide bonds.